The van der Waals surface area contributed by atoms with Crippen LogP contribution < -0.4 is 5.32 Å². The molecule has 0 unspecified atom stereocenters. The number of hydrogen-bond donors (Lipinski definition) is 1. The number of carbonyl (C=O) groups is 1. The van der Waals surface area contributed by atoms with Gasteiger partial charge in [0.05, 0.1) is 0 Å². The summed E-state index contributed by atoms with van der Waals surface area (Å²) in [6, 6.07) is 10.2. The van der Waals surface area contributed by atoms with E-state index in [1.54, 1.807) is 19.1 Å². The van der Waals surface area contributed by atoms with Crippen molar-refractivity contribution in [3.8, 4) is 0 Å². The summed E-state index contributed by atoms with van der Waals surface area (Å²) >= 11 is 0. The summed E-state index contributed by atoms with van der Waals surface area (Å²) in [5.41, 5.74) is 3.84. The Labute approximate surface area is 126 Å². The Morgan fingerprint density at radius 3 is 2.10 bits per heavy atom. The van der Waals surface area contributed by atoms with Crippen LogP contribution in [0.5, 0.6) is 0 Å². The van der Waals surface area contributed by atoms with Crippen molar-refractivity contribution in [1.82, 2.24) is 0 Å². The second kappa shape index (κ2) is 7.58. The van der Waals surface area contributed by atoms with E-state index in [9.17, 15) is 9.18 Å². The molecule has 0 aliphatic rings. The number of nitrogens with one attached hydrogen (secondary N) is 1. The average molecular weight is 287 g/mol. The Balaban J connectivity index is 0.00000106. The minimum atomic E-state index is -0.368. The van der Waals surface area contributed by atoms with Crippen molar-refractivity contribution in [3.05, 3.63) is 64.5 Å². The third-order valence-corrected chi connectivity index (χ3v) is 3.20. The van der Waals surface area contributed by atoms with Gasteiger partial charge in [-0.1, -0.05) is 26.0 Å². The highest BCUT2D eigenvalue weighted by atomic mass is 19.1. The second-order valence-corrected chi connectivity index (χ2v) is 4.72. The molecule has 2 aromatic rings. The van der Waals surface area contributed by atoms with Crippen LogP contribution in [0.15, 0.2) is 36.4 Å². The normalized spacial score (nSPS) is 9.62. The van der Waals surface area contributed by atoms with Gasteiger partial charge >= 0.3 is 0 Å². The van der Waals surface area contributed by atoms with Crippen LogP contribution in [0.3, 0.4) is 0 Å². The molecular weight excluding hydrogens is 265 g/mol. The van der Waals surface area contributed by atoms with E-state index in [2.05, 4.69) is 5.32 Å². The molecule has 0 spiro atoms. The van der Waals surface area contributed by atoms with Gasteiger partial charge in [-0.2, -0.15) is 0 Å². The van der Waals surface area contributed by atoms with Gasteiger partial charge in [-0.05, 0) is 61.7 Å². The maximum Gasteiger partial charge on any atom is 0.255 e. The van der Waals surface area contributed by atoms with Crippen molar-refractivity contribution in [1.29, 1.82) is 0 Å². The van der Waals surface area contributed by atoms with E-state index >= 15 is 0 Å². The van der Waals surface area contributed by atoms with Crippen molar-refractivity contribution in [3.63, 3.8) is 0 Å². The number of hydrogen-bond acceptors (Lipinski definition) is 1. The first-order valence-corrected chi connectivity index (χ1v) is 7.12. The summed E-state index contributed by atoms with van der Waals surface area (Å²) < 4.78 is 13.4. The van der Waals surface area contributed by atoms with Crippen LogP contribution in [-0.2, 0) is 0 Å². The Morgan fingerprint density at radius 2 is 1.52 bits per heavy atom. The second-order valence-electron chi connectivity index (χ2n) is 4.72. The molecule has 112 valence electrons. The van der Waals surface area contributed by atoms with E-state index in [0.717, 1.165) is 5.56 Å². The fraction of sp³-hybridized carbons (Fsp3) is 0.278. The van der Waals surface area contributed by atoms with Gasteiger partial charge in [0.1, 0.15) is 5.82 Å². The Bertz CT molecular complexity index is 635. The molecule has 0 radical (unpaired) electrons. The molecule has 2 nitrogen and oxygen atoms in total. The average Bonchev–Trinajstić information content (AvgIpc) is 2.48. The minimum Gasteiger partial charge on any atom is -0.322 e. The van der Waals surface area contributed by atoms with E-state index < -0.39 is 0 Å². The highest BCUT2D eigenvalue weighted by Gasteiger charge is 2.08. The van der Waals surface area contributed by atoms with Crippen molar-refractivity contribution in [2.75, 3.05) is 5.32 Å². The molecule has 2 rings (SSSR count). The van der Waals surface area contributed by atoms with Crippen molar-refractivity contribution >= 4 is 11.6 Å². The molecule has 0 saturated carbocycles. The zero-order valence-corrected chi connectivity index (χ0v) is 13.3. The van der Waals surface area contributed by atoms with Gasteiger partial charge in [0.15, 0.2) is 0 Å². The number of aryl methyl sites for hydroxylation is 3. The molecule has 1 N–H and O–H groups in total. The summed E-state index contributed by atoms with van der Waals surface area (Å²) in [5.74, 6) is -0.671. The molecule has 0 aliphatic carbocycles. The lowest BCUT2D eigenvalue weighted by atomic mass is 10.1. The number of benzene rings is 2. The van der Waals surface area contributed by atoms with Crippen molar-refractivity contribution < 1.29 is 9.18 Å². The molecule has 0 heterocycles. The van der Waals surface area contributed by atoms with E-state index in [1.807, 2.05) is 45.9 Å². The molecule has 0 atom stereocenters. The molecule has 0 bridgehead atoms. The van der Waals surface area contributed by atoms with Gasteiger partial charge in [0.25, 0.3) is 5.91 Å². The molecule has 0 fully saturated rings. The smallest absolute Gasteiger partial charge is 0.255 e. The Kier molecular flexibility index (Phi) is 6.10. The minimum absolute atomic E-state index is 0.304. The van der Waals surface area contributed by atoms with E-state index in [4.69, 9.17) is 0 Å². The number of anilines is 1. The van der Waals surface area contributed by atoms with E-state index in [0.29, 0.717) is 16.8 Å². The Morgan fingerprint density at radius 1 is 0.905 bits per heavy atom. The SMILES string of the molecule is CC.Cc1ccc(NC(=O)c2ccc(C)c(F)c2)cc1C. The standard InChI is InChI=1S/C16H16FNO.C2H6/c1-10-5-7-14(8-12(10)3)18-16(19)13-6-4-11(2)15(17)9-13;1-2/h4-9H,1-3H3,(H,18,19);1-2H3. The van der Waals surface area contributed by atoms with Gasteiger partial charge < -0.3 is 5.32 Å². The highest BCUT2D eigenvalue weighted by molar-refractivity contribution is 6.04. The van der Waals surface area contributed by atoms with Crippen LogP contribution in [0.1, 0.15) is 40.9 Å². The molecule has 3 heteroatoms. The largest absolute Gasteiger partial charge is 0.322 e. The Hall–Kier alpha value is -2.16. The quantitative estimate of drug-likeness (QED) is 0.824. The van der Waals surface area contributed by atoms with E-state index in [-0.39, 0.29) is 11.7 Å². The van der Waals surface area contributed by atoms with Crippen LogP contribution in [-0.4, -0.2) is 5.91 Å². The lowest BCUT2D eigenvalue weighted by molar-refractivity contribution is 0.102. The summed E-state index contributed by atoms with van der Waals surface area (Å²) in [7, 11) is 0. The monoisotopic (exact) mass is 287 g/mol. The maximum atomic E-state index is 13.4. The van der Waals surface area contributed by atoms with Gasteiger partial charge in [0.2, 0.25) is 0 Å². The first-order chi connectivity index (χ1) is 9.97. The summed E-state index contributed by atoms with van der Waals surface area (Å²) in [6.45, 7) is 9.66. The number of carbonyl (C=O) groups excluding carboxylic acids is 1. The number of rotatable bonds is 2. The fourth-order valence-electron chi connectivity index (χ4n) is 1.76. The lowest BCUT2D eigenvalue weighted by Gasteiger charge is -2.08. The zero-order valence-electron chi connectivity index (χ0n) is 13.3. The summed E-state index contributed by atoms with van der Waals surface area (Å²) in [4.78, 5) is 12.0. The number of halogens is 1. The molecule has 21 heavy (non-hydrogen) atoms. The zero-order chi connectivity index (χ0) is 16.0. The molecule has 0 aromatic heterocycles. The molecule has 2 aromatic carbocycles. The third-order valence-electron chi connectivity index (χ3n) is 3.20. The predicted molar refractivity (Wildman–Crippen MR) is 86.4 cm³/mol. The van der Waals surface area contributed by atoms with Gasteiger partial charge in [-0.25, -0.2) is 4.39 Å². The predicted octanol–water partition coefficient (Wildman–Crippen LogP) is 5.03. The molecule has 0 aliphatic heterocycles. The van der Waals surface area contributed by atoms with Crippen LogP contribution in [0, 0.1) is 26.6 Å². The topological polar surface area (TPSA) is 29.1 Å². The summed E-state index contributed by atoms with van der Waals surface area (Å²) in [5, 5.41) is 2.77. The van der Waals surface area contributed by atoms with Crippen LogP contribution in [0.4, 0.5) is 10.1 Å². The molecular formula is C18H22FNO. The molecule has 1 amide bonds. The lowest BCUT2D eigenvalue weighted by Crippen LogP contribution is -2.12. The van der Waals surface area contributed by atoms with Gasteiger partial charge in [-0.3, -0.25) is 4.79 Å². The fourth-order valence-corrected chi connectivity index (χ4v) is 1.76. The maximum absolute atomic E-state index is 13.4. The first-order valence-electron chi connectivity index (χ1n) is 7.12. The van der Waals surface area contributed by atoms with Crippen molar-refractivity contribution in [2.24, 2.45) is 0 Å². The van der Waals surface area contributed by atoms with Crippen LogP contribution in [0.2, 0.25) is 0 Å². The van der Waals surface area contributed by atoms with Gasteiger partial charge in [-0.15, -0.1) is 0 Å². The highest BCUT2D eigenvalue weighted by Crippen LogP contribution is 2.16. The van der Waals surface area contributed by atoms with Crippen LogP contribution >= 0.6 is 0 Å². The third kappa shape index (κ3) is 4.42. The van der Waals surface area contributed by atoms with E-state index in [1.165, 1.54) is 11.6 Å². The van der Waals surface area contributed by atoms with Crippen molar-refractivity contribution in [2.45, 2.75) is 34.6 Å². The number of amides is 1. The molecule has 0 saturated heterocycles. The summed E-state index contributed by atoms with van der Waals surface area (Å²) in [6.07, 6.45) is 0. The first kappa shape index (κ1) is 16.9. The van der Waals surface area contributed by atoms with Gasteiger partial charge in [0, 0.05) is 11.3 Å². The van der Waals surface area contributed by atoms with Crippen LogP contribution in [0.25, 0.3) is 0 Å².